The fraction of sp³-hybridized carbons (Fsp3) is 0.360. The van der Waals surface area contributed by atoms with Gasteiger partial charge in [-0.15, -0.1) is 0 Å². The van der Waals surface area contributed by atoms with Gasteiger partial charge in [-0.2, -0.15) is 0 Å². The smallest absolute Gasteiger partial charge is 0.259 e. The van der Waals surface area contributed by atoms with Crippen LogP contribution in [0, 0.1) is 5.82 Å². The van der Waals surface area contributed by atoms with Crippen LogP contribution in [0.2, 0.25) is 0 Å². The number of carbonyl (C=O) groups is 3. The summed E-state index contributed by atoms with van der Waals surface area (Å²) in [4.78, 5) is 45.7. The highest BCUT2D eigenvalue weighted by Crippen LogP contribution is 2.26. The van der Waals surface area contributed by atoms with Gasteiger partial charge < -0.3 is 30.7 Å². The maximum absolute atomic E-state index is 14.4. The van der Waals surface area contributed by atoms with Gasteiger partial charge in [0.05, 0.1) is 13.2 Å². The van der Waals surface area contributed by atoms with E-state index in [0.717, 1.165) is 36.1 Å². The zero-order valence-corrected chi connectivity index (χ0v) is 19.4. The molecular weight excluding hydrogens is 469 g/mol. The third kappa shape index (κ3) is 4.54. The number of halogens is 1. The lowest BCUT2D eigenvalue weighted by Crippen LogP contribution is -2.55. The van der Waals surface area contributed by atoms with E-state index in [1.807, 2.05) is 0 Å². The van der Waals surface area contributed by atoms with Crippen LogP contribution >= 0.6 is 0 Å². The number of hydrogen-bond acceptors (Lipinski definition) is 7. The molecular formula is C25H26FN5O5. The van der Waals surface area contributed by atoms with Crippen molar-refractivity contribution < 1.29 is 28.6 Å². The number of anilines is 2. The van der Waals surface area contributed by atoms with Crippen LogP contribution in [-0.4, -0.2) is 72.0 Å². The van der Waals surface area contributed by atoms with E-state index in [2.05, 4.69) is 10.3 Å². The number of amidine groups is 1. The van der Waals surface area contributed by atoms with Crippen molar-refractivity contribution in [2.45, 2.75) is 31.6 Å². The molecule has 0 bridgehead atoms. The SMILES string of the molecule is NC1=NCc2cc(NC(=O)C(O)C3OCCN(c4cc(F)cc(C(=O)N5CCCC5)c4)C3=O)ccc21. The van der Waals surface area contributed by atoms with Crippen molar-refractivity contribution in [1.82, 2.24) is 4.90 Å². The number of nitrogens with one attached hydrogen (secondary N) is 1. The third-order valence-corrected chi connectivity index (χ3v) is 6.58. The molecule has 11 heteroatoms. The minimum absolute atomic E-state index is 0.0160. The zero-order valence-electron chi connectivity index (χ0n) is 19.4. The molecule has 0 saturated carbocycles. The number of hydrogen-bond donors (Lipinski definition) is 3. The van der Waals surface area contributed by atoms with Gasteiger partial charge >= 0.3 is 0 Å². The first kappa shape index (κ1) is 23.9. The van der Waals surface area contributed by atoms with Crippen molar-refractivity contribution in [2.75, 3.05) is 36.5 Å². The van der Waals surface area contributed by atoms with Crippen molar-refractivity contribution >= 4 is 34.9 Å². The quantitative estimate of drug-likeness (QED) is 0.566. The second-order valence-electron chi connectivity index (χ2n) is 8.99. The summed E-state index contributed by atoms with van der Waals surface area (Å²) >= 11 is 0. The summed E-state index contributed by atoms with van der Waals surface area (Å²) in [6.45, 7) is 1.70. The number of carbonyl (C=O) groups excluding carboxylic acids is 3. The lowest BCUT2D eigenvalue weighted by Gasteiger charge is -2.34. The van der Waals surface area contributed by atoms with Gasteiger partial charge in [-0.05, 0) is 54.8 Å². The van der Waals surface area contributed by atoms with Gasteiger partial charge in [-0.1, -0.05) is 0 Å². The molecule has 2 unspecified atom stereocenters. The fourth-order valence-electron chi connectivity index (χ4n) is 4.71. The number of amides is 3. The molecule has 4 N–H and O–H groups in total. The lowest BCUT2D eigenvalue weighted by molar-refractivity contribution is -0.150. The highest BCUT2D eigenvalue weighted by Gasteiger charge is 2.40. The maximum atomic E-state index is 14.4. The molecule has 2 fully saturated rings. The summed E-state index contributed by atoms with van der Waals surface area (Å²) in [5.41, 5.74) is 8.15. The summed E-state index contributed by atoms with van der Waals surface area (Å²) in [6, 6.07) is 8.78. The predicted octanol–water partition coefficient (Wildman–Crippen LogP) is 1.01. The molecule has 3 heterocycles. The topological polar surface area (TPSA) is 138 Å². The standard InChI is InChI=1S/C25H26FN5O5/c26-16-9-14(24(34)30-5-1-2-6-30)11-18(12-16)31-7-8-36-21(25(31)35)20(32)23(33)29-17-3-4-19-15(10-17)13-28-22(19)27/h3-4,9-12,20-21,32H,1-2,5-8,13H2,(H2,27,28)(H,29,33). The number of likely N-dealkylation sites (tertiary alicyclic amines) is 1. The zero-order chi connectivity index (χ0) is 25.4. The number of aliphatic imine (C=N–C) groups is 1. The first-order valence-corrected chi connectivity index (χ1v) is 11.8. The lowest BCUT2D eigenvalue weighted by atomic mass is 10.1. The van der Waals surface area contributed by atoms with Crippen LogP contribution in [0.15, 0.2) is 41.4 Å². The van der Waals surface area contributed by atoms with Crippen LogP contribution in [0.1, 0.15) is 34.3 Å². The Bertz CT molecular complexity index is 1260. The van der Waals surface area contributed by atoms with Crippen molar-refractivity contribution in [3.8, 4) is 0 Å². The van der Waals surface area contributed by atoms with E-state index in [4.69, 9.17) is 10.5 Å². The highest BCUT2D eigenvalue weighted by atomic mass is 19.1. The predicted molar refractivity (Wildman–Crippen MR) is 129 cm³/mol. The molecule has 36 heavy (non-hydrogen) atoms. The second-order valence-corrected chi connectivity index (χ2v) is 8.99. The first-order chi connectivity index (χ1) is 17.3. The highest BCUT2D eigenvalue weighted by molar-refractivity contribution is 6.05. The van der Waals surface area contributed by atoms with Gasteiger partial charge in [-0.3, -0.25) is 19.4 Å². The number of benzene rings is 2. The van der Waals surface area contributed by atoms with Crippen LogP contribution in [0.25, 0.3) is 0 Å². The minimum atomic E-state index is -1.81. The Morgan fingerprint density at radius 3 is 2.72 bits per heavy atom. The molecule has 0 aliphatic carbocycles. The molecule has 0 spiro atoms. The second kappa shape index (κ2) is 9.67. The molecule has 0 aromatic heterocycles. The van der Waals surface area contributed by atoms with E-state index in [-0.39, 0.29) is 30.3 Å². The number of ether oxygens (including phenoxy) is 1. The molecule has 3 aliphatic rings. The number of nitrogens with zero attached hydrogens (tertiary/aromatic N) is 3. The molecule has 5 rings (SSSR count). The Labute approximate surface area is 206 Å². The van der Waals surface area contributed by atoms with E-state index < -0.39 is 29.8 Å². The summed E-state index contributed by atoms with van der Waals surface area (Å²) in [5, 5.41) is 13.2. The van der Waals surface area contributed by atoms with Crippen molar-refractivity contribution in [3.05, 3.63) is 58.9 Å². The van der Waals surface area contributed by atoms with Crippen molar-refractivity contribution in [2.24, 2.45) is 10.7 Å². The Morgan fingerprint density at radius 2 is 1.94 bits per heavy atom. The largest absolute Gasteiger partial charge is 0.383 e. The van der Waals surface area contributed by atoms with Crippen LogP contribution in [0.3, 0.4) is 0 Å². The van der Waals surface area contributed by atoms with E-state index in [0.29, 0.717) is 31.2 Å². The van der Waals surface area contributed by atoms with E-state index in [9.17, 15) is 23.9 Å². The fourth-order valence-corrected chi connectivity index (χ4v) is 4.71. The van der Waals surface area contributed by atoms with Gasteiger partial charge in [0.1, 0.15) is 11.7 Å². The summed E-state index contributed by atoms with van der Waals surface area (Å²) < 4.78 is 19.9. The van der Waals surface area contributed by atoms with Crippen LogP contribution in [-0.2, 0) is 20.9 Å². The molecule has 188 valence electrons. The van der Waals surface area contributed by atoms with E-state index >= 15 is 0 Å². The molecule has 0 radical (unpaired) electrons. The number of fused-ring (bicyclic) bond motifs is 1. The van der Waals surface area contributed by atoms with Gasteiger partial charge in [0.25, 0.3) is 17.7 Å². The van der Waals surface area contributed by atoms with Crippen molar-refractivity contribution in [3.63, 3.8) is 0 Å². The summed E-state index contributed by atoms with van der Waals surface area (Å²) in [5.74, 6) is -2.07. The molecule has 2 saturated heterocycles. The van der Waals surface area contributed by atoms with Crippen LogP contribution in [0.5, 0.6) is 0 Å². The molecule has 2 atom stereocenters. The first-order valence-electron chi connectivity index (χ1n) is 11.8. The summed E-state index contributed by atoms with van der Waals surface area (Å²) in [6.07, 6.45) is -1.52. The van der Waals surface area contributed by atoms with Crippen LogP contribution in [0.4, 0.5) is 15.8 Å². The summed E-state index contributed by atoms with van der Waals surface area (Å²) in [7, 11) is 0. The number of nitrogens with two attached hydrogens (primary N) is 1. The third-order valence-electron chi connectivity index (χ3n) is 6.58. The number of aliphatic hydroxyl groups excluding tert-OH is 1. The average Bonchev–Trinajstić information content (AvgIpc) is 3.53. The molecule has 3 aliphatic heterocycles. The maximum Gasteiger partial charge on any atom is 0.259 e. The van der Waals surface area contributed by atoms with Crippen molar-refractivity contribution in [1.29, 1.82) is 0 Å². The number of morpholine rings is 1. The molecule has 2 aromatic rings. The van der Waals surface area contributed by atoms with Gasteiger partial charge in [0.2, 0.25) is 0 Å². The normalized spacial score (nSPS) is 20.2. The molecule has 2 aromatic carbocycles. The minimum Gasteiger partial charge on any atom is -0.383 e. The van der Waals surface area contributed by atoms with E-state index in [1.54, 1.807) is 23.1 Å². The average molecular weight is 496 g/mol. The van der Waals surface area contributed by atoms with Gasteiger partial charge in [-0.25, -0.2) is 4.39 Å². The Kier molecular flexibility index (Phi) is 6.42. The van der Waals surface area contributed by atoms with Gasteiger partial charge in [0, 0.05) is 42.1 Å². The Morgan fingerprint density at radius 1 is 1.17 bits per heavy atom. The van der Waals surface area contributed by atoms with E-state index in [1.165, 1.54) is 11.0 Å². The Balaban J connectivity index is 1.30. The molecule has 3 amide bonds. The van der Waals surface area contributed by atoms with Crippen LogP contribution < -0.4 is 16.0 Å². The monoisotopic (exact) mass is 495 g/mol. The number of aliphatic hydroxyl groups is 1. The Hall–Kier alpha value is -3.83. The molecule has 10 nitrogen and oxygen atoms in total. The van der Waals surface area contributed by atoms with Gasteiger partial charge in [0.15, 0.2) is 12.2 Å². The number of rotatable bonds is 5.